The fourth-order valence-electron chi connectivity index (χ4n) is 2.32. The van der Waals surface area contributed by atoms with Crippen LogP contribution in [0.15, 0.2) is 53.4 Å². The summed E-state index contributed by atoms with van der Waals surface area (Å²) in [4.78, 5) is 0.341. The summed E-state index contributed by atoms with van der Waals surface area (Å²) in [5.41, 5.74) is 3.26. The predicted molar refractivity (Wildman–Crippen MR) is 90.4 cm³/mol. The van der Waals surface area contributed by atoms with Gasteiger partial charge in [0.2, 0.25) is 10.0 Å². The van der Waals surface area contributed by atoms with Crippen molar-refractivity contribution in [3.05, 3.63) is 65.2 Å². The van der Waals surface area contributed by atoms with Gasteiger partial charge in [0.25, 0.3) is 0 Å². The highest BCUT2D eigenvalue weighted by atomic mass is 32.2. The number of rotatable bonds is 5. The molecule has 0 spiro atoms. The lowest BCUT2D eigenvalue weighted by Crippen LogP contribution is -2.26. The highest BCUT2D eigenvalue weighted by Gasteiger charge is 2.21. The number of hydrogen-bond acceptors (Lipinski definition) is 2. The Hall–Kier alpha value is -1.65. The maximum absolute atomic E-state index is 12.7. The molecule has 0 aliphatic rings. The zero-order valence-corrected chi connectivity index (χ0v) is 14.4. The zero-order chi connectivity index (χ0) is 16.3. The average Bonchev–Trinajstić information content (AvgIpc) is 2.49. The average molecular weight is 317 g/mol. The first kappa shape index (κ1) is 16.7. The van der Waals surface area contributed by atoms with E-state index >= 15 is 0 Å². The zero-order valence-electron chi connectivity index (χ0n) is 13.6. The first-order valence-corrected chi connectivity index (χ1v) is 8.87. The molecule has 0 unspecified atom stereocenters. The van der Waals surface area contributed by atoms with Crippen molar-refractivity contribution in [2.45, 2.75) is 38.1 Å². The van der Waals surface area contributed by atoms with Gasteiger partial charge in [-0.25, -0.2) is 8.42 Å². The Balaban J connectivity index is 2.24. The van der Waals surface area contributed by atoms with Gasteiger partial charge in [0, 0.05) is 13.6 Å². The molecule has 0 saturated heterocycles. The van der Waals surface area contributed by atoms with E-state index < -0.39 is 10.0 Å². The van der Waals surface area contributed by atoms with Gasteiger partial charge in [-0.15, -0.1) is 0 Å². The molecule has 2 rings (SSSR count). The van der Waals surface area contributed by atoms with Gasteiger partial charge in [-0.2, -0.15) is 4.31 Å². The third-order valence-electron chi connectivity index (χ3n) is 3.91. The molecule has 22 heavy (non-hydrogen) atoms. The molecule has 0 radical (unpaired) electrons. The quantitative estimate of drug-likeness (QED) is 0.837. The second-order valence-electron chi connectivity index (χ2n) is 5.91. The van der Waals surface area contributed by atoms with Crippen molar-refractivity contribution in [1.82, 2.24) is 4.31 Å². The summed E-state index contributed by atoms with van der Waals surface area (Å²) in [6.45, 7) is 6.55. The highest BCUT2D eigenvalue weighted by Crippen LogP contribution is 2.21. The Morgan fingerprint density at radius 1 is 1.00 bits per heavy atom. The molecule has 0 bridgehead atoms. The van der Waals surface area contributed by atoms with E-state index in [4.69, 9.17) is 0 Å². The van der Waals surface area contributed by atoms with E-state index in [9.17, 15) is 8.42 Å². The van der Waals surface area contributed by atoms with Crippen LogP contribution in [-0.2, 0) is 16.6 Å². The van der Waals surface area contributed by atoms with Crippen LogP contribution in [0.25, 0.3) is 0 Å². The first-order chi connectivity index (χ1) is 10.3. The van der Waals surface area contributed by atoms with Crippen LogP contribution < -0.4 is 0 Å². The SMILES string of the molecule is Cc1ccccc1CN(C)S(=O)(=O)c1ccc(C(C)C)cc1. The van der Waals surface area contributed by atoms with E-state index in [1.54, 1.807) is 19.2 Å². The molecular formula is C18H23NO2S. The normalized spacial score (nSPS) is 12.1. The number of nitrogens with zero attached hydrogens (tertiary/aromatic N) is 1. The lowest BCUT2D eigenvalue weighted by molar-refractivity contribution is 0.466. The summed E-state index contributed by atoms with van der Waals surface area (Å²) >= 11 is 0. The molecule has 0 fully saturated rings. The fourth-order valence-corrected chi connectivity index (χ4v) is 3.47. The number of benzene rings is 2. The number of aryl methyl sites for hydroxylation is 1. The van der Waals surface area contributed by atoms with E-state index in [0.29, 0.717) is 17.4 Å². The van der Waals surface area contributed by atoms with Crippen molar-refractivity contribution >= 4 is 10.0 Å². The molecule has 3 nitrogen and oxygen atoms in total. The number of hydrogen-bond donors (Lipinski definition) is 0. The lowest BCUT2D eigenvalue weighted by Gasteiger charge is -2.19. The largest absolute Gasteiger partial charge is 0.243 e. The maximum atomic E-state index is 12.7. The van der Waals surface area contributed by atoms with E-state index in [-0.39, 0.29) is 0 Å². The van der Waals surface area contributed by atoms with Gasteiger partial charge < -0.3 is 0 Å². The third-order valence-corrected chi connectivity index (χ3v) is 5.73. The minimum absolute atomic E-state index is 0.341. The van der Waals surface area contributed by atoms with Gasteiger partial charge in [0.1, 0.15) is 0 Å². The van der Waals surface area contributed by atoms with Crippen LogP contribution in [-0.4, -0.2) is 19.8 Å². The summed E-state index contributed by atoms with van der Waals surface area (Å²) in [5, 5.41) is 0. The van der Waals surface area contributed by atoms with Crippen LogP contribution in [0.3, 0.4) is 0 Å². The molecule has 0 heterocycles. The minimum atomic E-state index is -3.46. The molecule has 0 aliphatic heterocycles. The topological polar surface area (TPSA) is 37.4 Å². The molecule has 0 N–H and O–H groups in total. The molecule has 4 heteroatoms. The summed E-state index contributed by atoms with van der Waals surface area (Å²) in [6.07, 6.45) is 0. The Morgan fingerprint density at radius 3 is 2.14 bits per heavy atom. The maximum Gasteiger partial charge on any atom is 0.243 e. The van der Waals surface area contributed by atoms with E-state index in [1.165, 1.54) is 4.31 Å². The highest BCUT2D eigenvalue weighted by molar-refractivity contribution is 7.89. The van der Waals surface area contributed by atoms with Gasteiger partial charge in [-0.1, -0.05) is 50.2 Å². The molecule has 0 aromatic heterocycles. The fraction of sp³-hybridized carbons (Fsp3) is 0.333. The first-order valence-electron chi connectivity index (χ1n) is 7.43. The molecular weight excluding hydrogens is 294 g/mol. The second kappa shape index (κ2) is 6.63. The minimum Gasteiger partial charge on any atom is -0.207 e. The molecule has 0 saturated carbocycles. The van der Waals surface area contributed by atoms with Gasteiger partial charge in [-0.3, -0.25) is 0 Å². The summed E-state index contributed by atoms with van der Waals surface area (Å²) in [6, 6.07) is 15.0. The van der Waals surface area contributed by atoms with Crippen LogP contribution in [0.1, 0.15) is 36.5 Å². The molecule has 118 valence electrons. The monoisotopic (exact) mass is 317 g/mol. The Bertz CT molecular complexity index is 734. The van der Waals surface area contributed by atoms with E-state index in [1.807, 2.05) is 43.3 Å². The van der Waals surface area contributed by atoms with Crippen molar-refractivity contribution < 1.29 is 8.42 Å². The summed E-state index contributed by atoms with van der Waals surface area (Å²) in [5.74, 6) is 0.390. The van der Waals surface area contributed by atoms with Gasteiger partial charge in [0.15, 0.2) is 0 Å². The molecule has 2 aromatic carbocycles. The van der Waals surface area contributed by atoms with Gasteiger partial charge in [-0.05, 0) is 41.7 Å². The van der Waals surface area contributed by atoms with Gasteiger partial charge >= 0.3 is 0 Å². The molecule has 2 aromatic rings. The molecule has 0 amide bonds. The predicted octanol–water partition coefficient (Wildman–Crippen LogP) is 3.94. The van der Waals surface area contributed by atoms with Crippen LogP contribution in [0, 0.1) is 6.92 Å². The summed E-state index contributed by atoms with van der Waals surface area (Å²) < 4.78 is 26.7. The summed E-state index contributed by atoms with van der Waals surface area (Å²) in [7, 11) is -1.84. The van der Waals surface area contributed by atoms with Gasteiger partial charge in [0.05, 0.1) is 4.90 Å². The van der Waals surface area contributed by atoms with E-state index in [0.717, 1.165) is 16.7 Å². The van der Waals surface area contributed by atoms with Crippen LogP contribution >= 0.6 is 0 Å². The van der Waals surface area contributed by atoms with Crippen molar-refractivity contribution in [2.75, 3.05) is 7.05 Å². The molecule has 0 atom stereocenters. The van der Waals surface area contributed by atoms with E-state index in [2.05, 4.69) is 13.8 Å². The number of sulfonamides is 1. The van der Waals surface area contributed by atoms with Crippen LogP contribution in [0.4, 0.5) is 0 Å². The molecule has 0 aliphatic carbocycles. The Kier molecular flexibility index (Phi) is 5.04. The third kappa shape index (κ3) is 3.57. The smallest absolute Gasteiger partial charge is 0.207 e. The second-order valence-corrected chi connectivity index (χ2v) is 7.96. The standard InChI is InChI=1S/C18H23NO2S/c1-14(2)16-9-11-18(12-10-16)22(20,21)19(4)13-17-8-6-5-7-15(17)3/h5-12,14H,13H2,1-4H3. The van der Waals surface area contributed by atoms with Crippen LogP contribution in [0.2, 0.25) is 0 Å². The Morgan fingerprint density at radius 2 is 1.59 bits per heavy atom. The van der Waals surface area contributed by atoms with Crippen molar-refractivity contribution in [1.29, 1.82) is 0 Å². The van der Waals surface area contributed by atoms with Crippen molar-refractivity contribution in [3.8, 4) is 0 Å². The van der Waals surface area contributed by atoms with Crippen molar-refractivity contribution in [2.24, 2.45) is 0 Å². The van der Waals surface area contributed by atoms with Crippen molar-refractivity contribution in [3.63, 3.8) is 0 Å². The Labute approximate surface area is 133 Å². The van der Waals surface area contributed by atoms with Crippen LogP contribution in [0.5, 0.6) is 0 Å². The lowest BCUT2D eigenvalue weighted by atomic mass is 10.0.